The minimum absolute atomic E-state index is 0.0722. The zero-order valence-electron chi connectivity index (χ0n) is 14.7. The number of benzene rings is 1. The normalized spacial score (nSPS) is 19.3. The van der Waals surface area contributed by atoms with Gasteiger partial charge < -0.3 is 10.0 Å². The van der Waals surface area contributed by atoms with Gasteiger partial charge in [-0.05, 0) is 50.3 Å². The van der Waals surface area contributed by atoms with Crippen LogP contribution >= 0.6 is 0 Å². The van der Waals surface area contributed by atoms with E-state index < -0.39 is 0 Å². The first-order chi connectivity index (χ1) is 11.0. The van der Waals surface area contributed by atoms with Crippen LogP contribution in [0.1, 0.15) is 44.7 Å². The average molecular weight is 318 g/mol. The van der Waals surface area contributed by atoms with Crippen LogP contribution in [0, 0.1) is 5.41 Å². The van der Waals surface area contributed by atoms with Gasteiger partial charge in [-0.15, -0.1) is 0 Å². The van der Waals surface area contributed by atoms with Crippen LogP contribution < -0.4 is 0 Å². The fourth-order valence-electron chi connectivity index (χ4n) is 3.28. The van der Waals surface area contributed by atoms with E-state index in [9.17, 15) is 9.90 Å². The average Bonchev–Trinajstić information content (AvgIpc) is 2.62. The summed E-state index contributed by atoms with van der Waals surface area (Å²) in [4.78, 5) is 16.6. The second-order valence-electron chi connectivity index (χ2n) is 6.88. The summed E-state index contributed by atoms with van der Waals surface area (Å²) in [5.74, 6) is 0.161. The van der Waals surface area contributed by atoms with Crippen LogP contribution in [-0.4, -0.2) is 54.1 Å². The van der Waals surface area contributed by atoms with Crippen molar-refractivity contribution < 1.29 is 9.90 Å². The van der Waals surface area contributed by atoms with Crippen molar-refractivity contribution in [1.82, 2.24) is 9.80 Å². The van der Waals surface area contributed by atoms with E-state index in [1.807, 2.05) is 30.1 Å². The Kier molecular flexibility index (Phi) is 6.19. The summed E-state index contributed by atoms with van der Waals surface area (Å²) >= 11 is 0. The lowest BCUT2D eigenvalue weighted by Gasteiger charge is -2.40. The third-order valence-electron chi connectivity index (χ3n) is 5.62. The molecule has 0 radical (unpaired) electrons. The van der Waals surface area contributed by atoms with Crippen LogP contribution in [0.5, 0.6) is 0 Å². The summed E-state index contributed by atoms with van der Waals surface area (Å²) in [6, 6.07) is 10.2. The SMILES string of the molecule is CCC1(CO)CCN(CC(=O)N(C)C(C)c2ccccc2)CC1. The number of amides is 1. The lowest BCUT2D eigenvalue weighted by Crippen LogP contribution is -2.46. The molecule has 1 saturated heterocycles. The largest absolute Gasteiger partial charge is 0.396 e. The van der Waals surface area contributed by atoms with Gasteiger partial charge in [0.1, 0.15) is 0 Å². The molecule has 4 heteroatoms. The summed E-state index contributed by atoms with van der Waals surface area (Å²) in [6.45, 7) is 6.74. The Morgan fingerprint density at radius 2 is 1.91 bits per heavy atom. The van der Waals surface area contributed by atoms with Crippen molar-refractivity contribution in [2.45, 2.75) is 39.2 Å². The number of likely N-dealkylation sites (tertiary alicyclic amines) is 1. The van der Waals surface area contributed by atoms with E-state index in [1.165, 1.54) is 0 Å². The number of rotatable bonds is 6. The minimum atomic E-state index is 0.0722. The van der Waals surface area contributed by atoms with Crippen LogP contribution in [0.4, 0.5) is 0 Å². The highest BCUT2D eigenvalue weighted by molar-refractivity contribution is 5.78. The van der Waals surface area contributed by atoms with Gasteiger partial charge in [0, 0.05) is 13.7 Å². The van der Waals surface area contributed by atoms with Gasteiger partial charge in [-0.1, -0.05) is 37.3 Å². The van der Waals surface area contributed by atoms with Crippen LogP contribution in [0.25, 0.3) is 0 Å². The van der Waals surface area contributed by atoms with E-state index in [0.717, 1.165) is 37.9 Å². The monoisotopic (exact) mass is 318 g/mol. The van der Waals surface area contributed by atoms with Gasteiger partial charge >= 0.3 is 0 Å². The number of hydrogen-bond donors (Lipinski definition) is 1. The molecular formula is C19H30N2O2. The van der Waals surface area contributed by atoms with E-state index in [-0.39, 0.29) is 24.0 Å². The number of nitrogens with zero attached hydrogens (tertiary/aromatic N) is 2. The summed E-state index contributed by atoms with van der Waals surface area (Å²) in [5, 5.41) is 9.60. The fourth-order valence-corrected chi connectivity index (χ4v) is 3.28. The van der Waals surface area contributed by atoms with Crippen LogP contribution in [0.3, 0.4) is 0 Å². The van der Waals surface area contributed by atoms with Crippen molar-refractivity contribution >= 4 is 5.91 Å². The van der Waals surface area contributed by atoms with Gasteiger partial charge in [-0.25, -0.2) is 0 Å². The molecule has 0 aromatic heterocycles. The first-order valence-electron chi connectivity index (χ1n) is 8.65. The quantitative estimate of drug-likeness (QED) is 0.877. The maximum atomic E-state index is 12.6. The maximum absolute atomic E-state index is 12.6. The molecule has 1 fully saturated rings. The third-order valence-corrected chi connectivity index (χ3v) is 5.62. The second-order valence-corrected chi connectivity index (χ2v) is 6.88. The lowest BCUT2D eigenvalue weighted by molar-refractivity contribution is -0.133. The number of carbonyl (C=O) groups excluding carboxylic acids is 1. The number of carbonyl (C=O) groups is 1. The van der Waals surface area contributed by atoms with Crippen molar-refractivity contribution in [3.05, 3.63) is 35.9 Å². The molecule has 1 heterocycles. The number of hydrogen-bond acceptors (Lipinski definition) is 3. The number of aliphatic hydroxyl groups excluding tert-OH is 1. The molecule has 128 valence electrons. The Labute approximate surface area is 140 Å². The highest BCUT2D eigenvalue weighted by atomic mass is 16.3. The van der Waals surface area contributed by atoms with E-state index in [2.05, 4.69) is 30.9 Å². The molecule has 0 saturated carbocycles. The summed E-state index contributed by atoms with van der Waals surface area (Å²) in [6.07, 6.45) is 2.96. The highest BCUT2D eigenvalue weighted by Gasteiger charge is 2.33. The molecule has 2 rings (SSSR count). The molecule has 23 heavy (non-hydrogen) atoms. The molecule has 0 spiro atoms. The zero-order valence-corrected chi connectivity index (χ0v) is 14.7. The Hall–Kier alpha value is -1.39. The van der Waals surface area contributed by atoms with Crippen LogP contribution in [0.2, 0.25) is 0 Å². The molecule has 1 aromatic carbocycles. The molecule has 1 aliphatic heterocycles. The van der Waals surface area contributed by atoms with Crippen LogP contribution in [-0.2, 0) is 4.79 Å². The molecule has 1 unspecified atom stereocenters. The first-order valence-corrected chi connectivity index (χ1v) is 8.65. The molecule has 1 amide bonds. The Bertz CT molecular complexity index is 489. The molecule has 1 atom stereocenters. The molecule has 1 N–H and O–H groups in total. The first kappa shape index (κ1) is 18.0. The van der Waals surface area contributed by atoms with Gasteiger partial charge in [0.2, 0.25) is 5.91 Å². The van der Waals surface area contributed by atoms with Gasteiger partial charge in [0.05, 0.1) is 12.6 Å². The van der Waals surface area contributed by atoms with Gasteiger partial charge in [-0.2, -0.15) is 0 Å². The molecule has 0 aliphatic carbocycles. The lowest BCUT2D eigenvalue weighted by atomic mass is 9.77. The molecule has 0 bridgehead atoms. The minimum Gasteiger partial charge on any atom is -0.396 e. The molecule has 4 nitrogen and oxygen atoms in total. The topological polar surface area (TPSA) is 43.8 Å². The Morgan fingerprint density at radius 3 is 2.43 bits per heavy atom. The van der Waals surface area contributed by atoms with E-state index in [4.69, 9.17) is 0 Å². The maximum Gasteiger partial charge on any atom is 0.236 e. The number of piperidine rings is 1. The van der Waals surface area contributed by atoms with E-state index >= 15 is 0 Å². The van der Waals surface area contributed by atoms with Gasteiger partial charge in [-0.3, -0.25) is 9.69 Å². The van der Waals surface area contributed by atoms with Crippen LogP contribution in [0.15, 0.2) is 30.3 Å². The third kappa shape index (κ3) is 4.33. The second kappa shape index (κ2) is 7.93. The summed E-state index contributed by atoms with van der Waals surface area (Å²) < 4.78 is 0. The Balaban J connectivity index is 1.87. The number of aliphatic hydroxyl groups is 1. The standard InChI is InChI=1S/C19H30N2O2/c1-4-19(15-22)10-12-21(13-11-19)14-18(23)20(3)16(2)17-8-6-5-7-9-17/h5-9,16,22H,4,10-15H2,1-3H3. The van der Waals surface area contributed by atoms with Crippen molar-refractivity contribution in [3.63, 3.8) is 0 Å². The van der Waals surface area contributed by atoms with Gasteiger partial charge in [0.15, 0.2) is 0 Å². The highest BCUT2D eigenvalue weighted by Crippen LogP contribution is 2.34. The summed E-state index contributed by atoms with van der Waals surface area (Å²) in [7, 11) is 1.88. The molecular weight excluding hydrogens is 288 g/mol. The summed E-state index contributed by atoms with van der Waals surface area (Å²) in [5.41, 5.74) is 1.23. The molecule has 1 aliphatic rings. The van der Waals surface area contributed by atoms with Gasteiger partial charge in [0.25, 0.3) is 0 Å². The predicted molar refractivity (Wildman–Crippen MR) is 93.1 cm³/mol. The van der Waals surface area contributed by atoms with Crippen molar-refractivity contribution in [1.29, 1.82) is 0 Å². The smallest absolute Gasteiger partial charge is 0.236 e. The predicted octanol–water partition coefficient (Wildman–Crippen LogP) is 2.69. The zero-order chi connectivity index (χ0) is 16.9. The van der Waals surface area contributed by atoms with Crippen molar-refractivity contribution in [2.24, 2.45) is 5.41 Å². The van der Waals surface area contributed by atoms with E-state index in [1.54, 1.807) is 0 Å². The van der Waals surface area contributed by atoms with Crippen molar-refractivity contribution in [3.8, 4) is 0 Å². The number of likely N-dealkylation sites (N-methyl/N-ethyl adjacent to an activating group) is 1. The Morgan fingerprint density at radius 1 is 1.30 bits per heavy atom. The van der Waals surface area contributed by atoms with E-state index in [0.29, 0.717) is 6.54 Å². The van der Waals surface area contributed by atoms with Crippen molar-refractivity contribution in [2.75, 3.05) is 33.3 Å². The molecule has 1 aromatic rings. The fraction of sp³-hybridized carbons (Fsp3) is 0.632.